The number of aromatic hydroxyl groups is 1. The molecule has 1 N–H and O–H groups in total. The molecule has 3 rings (SSSR count). The van der Waals surface area contributed by atoms with Crippen LogP contribution in [0.15, 0.2) is 18.2 Å². The summed E-state index contributed by atoms with van der Waals surface area (Å²) in [7, 11) is 0. The average Bonchev–Trinajstić information content (AvgIpc) is 2.76. The van der Waals surface area contributed by atoms with Gasteiger partial charge in [-0.3, -0.25) is 9.59 Å². The van der Waals surface area contributed by atoms with Gasteiger partial charge >= 0.3 is 0 Å². The van der Waals surface area contributed by atoms with E-state index in [2.05, 4.69) is 6.92 Å². The molecule has 0 bridgehead atoms. The number of unbranched alkanes of at least 4 members (excludes halogenated alkanes) is 1. The number of phenols is 1. The lowest BCUT2D eigenvalue weighted by molar-refractivity contribution is -0.145. The minimum atomic E-state index is -0.242. The number of Topliss-reactive ketones (excluding diaryl/α,β-unsaturated/α-hetero) is 2. The second kappa shape index (κ2) is 4.97. The molecule has 0 aromatic heterocycles. The third-order valence-electron chi connectivity index (χ3n) is 5.39. The molecule has 0 amide bonds. The van der Waals surface area contributed by atoms with Gasteiger partial charge in [-0.25, -0.2) is 0 Å². The van der Waals surface area contributed by atoms with Crippen LogP contribution in [0.1, 0.15) is 56.6 Å². The van der Waals surface area contributed by atoms with Crippen LogP contribution in [0.3, 0.4) is 0 Å². The molecule has 0 spiro atoms. The van der Waals surface area contributed by atoms with Gasteiger partial charge in [-0.1, -0.05) is 32.8 Å². The van der Waals surface area contributed by atoms with E-state index in [1.165, 1.54) is 0 Å². The Morgan fingerprint density at radius 1 is 1.29 bits per heavy atom. The summed E-state index contributed by atoms with van der Waals surface area (Å²) in [6.45, 7) is 4.05. The predicted octanol–water partition coefficient (Wildman–Crippen LogP) is 3.39. The van der Waals surface area contributed by atoms with Crippen LogP contribution in [0.5, 0.6) is 5.75 Å². The van der Waals surface area contributed by atoms with Crippen molar-refractivity contribution in [1.29, 1.82) is 0 Å². The minimum Gasteiger partial charge on any atom is -0.508 e. The summed E-state index contributed by atoms with van der Waals surface area (Å²) in [6.07, 6.45) is 4.32. The summed E-state index contributed by atoms with van der Waals surface area (Å²) in [5.41, 5.74) is 2.17. The number of hydrogen-bond donors (Lipinski definition) is 1. The fourth-order valence-corrected chi connectivity index (χ4v) is 4.51. The molecular weight excluding hydrogens is 264 g/mol. The summed E-state index contributed by atoms with van der Waals surface area (Å²) < 4.78 is 0. The number of rotatable bonds is 3. The van der Waals surface area contributed by atoms with Crippen LogP contribution in [0, 0.1) is 11.3 Å². The Balaban J connectivity index is 2.08. The topological polar surface area (TPSA) is 54.4 Å². The Bertz CT molecular complexity index is 604. The maximum absolute atomic E-state index is 12.2. The summed E-state index contributed by atoms with van der Waals surface area (Å²) in [6, 6.07) is 5.45. The molecule has 0 heterocycles. The summed E-state index contributed by atoms with van der Waals surface area (Å²) in [4.78, 5) is 24.3. The second-order valence-corrected chi connectivity index (χ2v) is 6.76. The van der Waals surface area contributed by atoms with E-state index < -0.39 is 0 Å². The van der Waals surface area contributed by atoms with Gasteiger partial charge in [0.05, 0.1) is 0 Å². The van der Waals surface area contributed by atoms with E-state index in [9.17, 15) is 14.7 Å². The number of fused-ring (bicyclic) bond motifs is 3. The first-order valence-corrected chi connectivity index (χ1v) is 7.87. The molecule has 1 aromatic rings. The van der Waals surface area contributed by atoms with Crippen molar-refractivity contribution in [3.63, 3.8) is 0 Å². The highest BCUT2D eigenvalue weighted by Gasteiger charge is 2.54. The SMILES string of the molecule is CCCC[C@@]12CC(=O)C(=O)C(C)C1c1ccc(O)cc1C2. The quantitative estimate of drug-likeness (QED) is 0.867. The van der Waals surface area contributed by atoms with Crippen molar-refractivity contribution in [2.45, 2.75) is 51.9 Å². The van der Waals surface area contributed by atoms with E-state index in [1.807, 2.05) is 19.1 Å². The van der Waals surface area contributed by atoms with Gasteiger partial charge in [0.25, 0.3) is 0 Å². The van der Waals surface area contributed by atoms with Crippen molar-refractivity contribution in [3.8, 4) is 5.75 Å². The van der Waals surface area contributed by atoms with E-state index >= 15 is 0 Å². The van der Waals surface area contributed by atoms with Gasteiger partial charge in [0.15, 0.2) is 5.78 Å². The van der Waals surface area contributed by atoms with Crippen molar-refractivity contribution in [1.82, 2.24) is 0 Å². The maximum atomic E-state index is 12.2. The molecule has 0 saturated heterocycles. The molecule has 3 heteroatoms. The predicted molar refractivity (Wildman–Crippen MR) is 80.3 cm³/mol. The summed E-state index contributed by atoms with van der Waals surface area (Å²) in [5.74, 6) is -0.262. The normalized spacial score (nSPS) is 31.1. The largest absolute Gasteiger partial charge is 0.508 e. The molecule has 3 atom stereocenters. The summed E-state index contributed by atoms with van der Waals surface area (Å²) in [5, 5.41) is 9.73. The highest BCUT2D eigenvalue weighted by molar-refractivity contribution is 6.39. The van der Waals surface area contributed by atoms with Gasteiger partial charge in [0, 0.05) is 18.3 Å². The molecule has 0 radical (unpaired) electrons. The van der Waals surface area contributed by atoms with Crippen LogP contribution < -0.4 is 0 Å². The van der Waals surface area contributed by atoms with E-state index in [0.717, 1.165) is 36.8 Å². The number of hydrogen-bond acceptors (Lipinski definition) is 3. The lowest BCUT2D eigenvalue weighted by Crippen LogP contribution is -2.44. The van der Waals surface area contributed by atoms with E-state index in [4.69, 9.17) is 0 Å². The van der Waals surface area contributed by atoms with Crippen LogP contribution in [0.2, 0.25) is 0 Å². The zero-order valence-electron chi connectivity index (χ0n) is 12.7. The van der Waals surface area contributed by atoms with Crippen LogP contribution in [-0.2, 0) is 16.0 Å². The first-order valence-electron chi connectivity index (χ1n) is 7.87. The van der Waals surface area contributed by atoms with Crippen molar-refractivity contribution < 1.29 is 14.7 Å². The maximum Gasteiger partial charge on any atom is 0.201 e. The monoisotopic (exact) mass is 286 g/mol. The number of ketones is 2. The van der Waals surface area contributed by atoms with Crippen LogP contribution in [0.25, 0.3) is 0 Å². The fourth-order valence-electron chi connectivity index (χ4n) is 4.51. The molecule has 2 aliphatic carbocycles. The Hall–Kier alpha value is -1.64. The molecule has 2 unspecified atom stereocenters. The third kappa shape index (κ3) is 2.10. The first-order chi connectivity index (χ1) is 9.98. The third-order valence-corrected chi connectivity index (χ3v) is 5.39. The summed E-state index contributed by atoms with van der Waals surface area (Å²) >= 11 is 0. The zero-order valence-corrected chi connectivity index (χ0v) is 12.7. The Kier molecular flexibility index (Phi) is 3.39. The van der Waals surface area contributed by atoms with Crippen molar-refractivity contribution in [3.05, 3.63) is 29.3 Å². The Morgan fingerprint density at radius 3 is 2.76 bits per heavy atom. The zero-order chi connectivity index (χ0) is 15.2. The molecule has 1 aromatic carbocycles. The van der Waals surface area contributed by atoms with Crippen molar-refractivity contribution in [2.75, 3.05) is 0 Å². The Labute approximate surface area is 125 Å². The van der Waals surface area contributed by atoms with Gasteiger partial charge in [0.2, 0.25) is 5.78 Å². The number of carbonyl (C=O) groups is 2. The molecule has 1 saturated carbocycles. The molecule has 112 valence electrons. The lowest BCUT2D eigenvalue weighted by Gasteiger charge is -2.42. The van der Waals surface area contributed by atoms with Crippen molar-refractivity contribution >= 4 is 11.6 Å². The van der Waals surface area contributed by atoms with Crippen LogP contribution >= 0.6 is 0 Å². The average molecular weight is 286 g/mol. The van der Waals surface area contributed by atoms with Gasteiger partial charge in [-0.05, 0) is 41.5 Å². The number of phenolic OH excluding ortho intramolecular Hbond substituents is 1. The van der Waals surface area contributed by atoms with E-state index in [0.29, 0.717) is 6.42 Å². The molecule has 1 fully saturated rings. The molecule has 0 aliphatic heterocycles. The Morgan fingerprint density at radius 2 is 2.05 bits per heavy atom. The van der Waals surface area contributed by atoms with Gasteiger partial charge in [-0.15, -0.1) is 0 Å². The van der Waals surface area contributed by atoms with Crippen LogP contribution in [0.4, 0.5) is 0 Å². The molecule has 2 aliphatic rings. The second-order valence-electron chi connectivity index (χ2n) is 6.76. The fraction of sp³-hybridized carbons (Fsp3) is 0.556. The van der Waals surface area contributed by atoms with E-state index in [-0.39, 0.29) is 34.6 Å². The van der Waals surface area contributed by atoms with Crippen molar-refractivity contribution in [2.24, 2.45) is 11.3 Å². The van der Waals surface area contributed by atoms with Crippen LogP contribution in [-0.4, -0.2) is 16.7 Å². The highest BCUT2D eigenvalue weighted by atomic mass is 16.3. The first kappa shape index (κ1) is 14.3. The smallest absolute Gasteiger partial charge is 0.201 e. The standard InChI is InChI=1S/C18H22O3/c1-3-4-7-18-9-12-8-13(19)5-6-14(12)16(18)11(2)17(21)15(20)10-18/h5-6,8,11,16,19H,3-4,7,9-10H2,1-2H3/t11?,16?,18-/m1/s1. The highest BCUT2D eigenvalue weighted by Crippen LogP contribution is 2.58. The molecule has 3 nitrogen and oxygen atoms in total. The number of benzene rings is 1. The molecule has 21 heavy (non-hydrogen) atoms. The molecular formula is C18H22O3. The van der Waals surface area contributed by atoms with Gasteiger partial charge in [-0.2, -0.15) is 0 Å². The van der Waals surface area contributed by atoms with Gasteiger partial charge in [0.1, 0.15) is 5.75 Å². The minimum absolute atomic E-state index is 0.115. The van der Waals surface area contributed by atoms with E-state index in [1.54, 1.807) is 6.07 Å². The lowest BCUT2D eigenvalue weighted by atomic mass is 9.60. The number of carbonyl (C=O) groups excluding carboxylic acids is 2. The van der Waals surface area contributed by atoms with Gasteiger partial charge < -0.3 is 5.11 Å².